The fraction of sp³-hybridized carbons (Fsp3) is 0.526. The van der Waals surface area contributed by atoms with E-state index in [1.54, 1.807) is 0 Å². The number of nitrogens with two attached hydrogens (primary N) is 1. The van der Waals surface area contributed by atoms with Crippen LogP contribution in [0.4, 0.5) is 5.69 Å². The molecular formula is C19H25N5O. The van der Waals surface area contributed by atoms with Gasteiger partial charge in [-0.15, -0.1) is 0 Å². The Bertz CT molecular complexity index is 739. The molecule has 132 valence electrons. The van der Waals surface area contributed by atoms with Crippen LogP contribution < -0.4 is 11.1 Å². The number of benzene rings is 1. The van der Waals surface area contributed by atoms with E-state index in [1.807, 2.05) is 31.2 Å². The van der Waals surface area contributed by atoms with E-state index in [-0.39, 0.29) is 11.8 Å². The average molecular weight is 339 g/mol. The molecule has 2 fully saturated rings. The van der Waals surface area contributed by atoms with Crippen molar-refractivity contribution in [2.24, 2.45) is 23.5 Å². The van der Waals surface area contributed by atoms with Crippen LogP contribution in [0.25, 0.3) is 11.4 Å². The zero-order valence-corrected chi connectivity index (χ0v) is 14.5. The van der Waals surface area contributed by atoms with Crippen molar-refractivity contribution in [3.63, 3.8) is 0 Å². The van der Waals surface area contributed by atoms with Gasteiger partial charge >= 0.3 is 0 Å². The molecule has 2 aromatic rings. The third kappa shape index (κ3) is 3.31. The molecule has 2 bridgehead atoms. The molecule has 2 aliphatic carbocycles. The van der Waals surface area contributed by atoms with Gasteiger partial charge in [-0.25, -0.2) is 4.98 Å². The van der Waals surface area contributed by atoms with E-state index in [4.69, 9.17) is 5.73 Å². The summed E-state index contributed by atoms with van der Waals surface area (Å²) in [5.74, 6) is 2.70. The van der Waals surface area contributed by atoms with E-state index in [1.165, 1.54) is 19.3 Å². The normalized spacial score (nSPS) is 28.6. The highest BCUT2D eigenvalue weighted by Gasteiger charge is 2.40. The highest BCUT2D eigenvalue weighted by molar-refractivity contribution is 5.92. The van der Waals surface area contributed by atoms with Gasteiger partial charge in [0, 0.05) is 23.2 Å². The largest absolute Gasteiger partial charge is 0.327 e. The first-order valence-electron chi connectivity index (χ1n) is 9.16. The number of hydrogen-bond donors (Lipinski definition) is 3. The number of aromatic nitrogens is 3. The molecule has 0 radical (unpaired) electrons. The quantitative estimate of drug-likeness (QED) is 0.801. The maximum atomic E-state index is 12.7. The second kappa shape index (κ2) is 6.59. The molecule has 1 amide bonds. The second-order valence-electron chi connectivity index (χ2n) is 7.51. The number of nitrogens with zero attached hydrogens (tertiary/aromatic N) is 2. The molecule has 1 aromatic heterocycles. The second-order valence-corrected chi connectivity index (χ2v) is 7.51. The van der Waals surface area contributed by atoms with Gasteiger partial charge in [0.05, 0.1) is 0 Å². The number of H-pyrrole nitrogens is 1. The predicted octanol–water partition coefficient (Wildman–Crippen LogP) is 2.87. The molecule has 1 heterocycles. The Morgan fingerprint density at radius 2 is 1.88 bits per heavy atom. The number of carbonyl (C=O) groups excluding carboxylic acids is 1. The number of nitrogens with one attached hydrogen (secondary N) is 2. The molecular weight excluding hydrogens is 314 g/mol. The lowest BCUT2D eigenvalue weighted by Crippen LogP contribution is -2.48. The lowest BCUT2D eigenvalue weighted by atomic mass is 9.65. The fourth-order valence-electron chi connectivity index (χ4n) is 4.42. The Morgan fingerprint density at radius 3 is 2.48 bits per heavy atom. The van der Waals surface area contributed by atoms with Gasteiger partial charge in [0.25, 0.3) is 0 Å². The average Bonchev–Trinajstić information content (AvgIpc) is 3.01. The summed E-state index contributed by atoms with van der Waals surface area (Å²) in [6, 6.07) is 7.98. The minimum absolute atomic E-state index is 0.0884. The highest BCUT2D eigenvalue weighted by atomic mass is 16.1. The number of aromatic amines is 1. The van der Waals surface area contributed by atoms with E-state index < -0.39 is 0 Å². The van der Waals surface area contributed by atoms with Crippen molar-refractivity contribution >= 4 is 11.6 Å². The van der Waals surface area contributed by atoms with Crippen LogP contribution in [0.15, 0.2) is 24.3 Å². The molecule has 0 saturated heterocycles. The van der Waals surface area contributed by atoms with Crippen molar-refractivity contribution in [2.45, 2.75) is 45.1 Å². The molecule has 25 heavy (non-hydrogen) atoms. The zero-order chi connectivity index (χ0) is 17.4. The number of amides is 1. The van der Waals surface area contributed by atoms with Crippen LogP contribution in [0.3, 0.4) is 0 Å². The van der Waals surface area contributed by atoms with Crippen LogP contribution in [0.2, 0.25) is 0 Å². The summed E-state index contributed by atoms with van der Waals surface area (Å²) in [5.41, 5.74) is 8.08. The molecule has 6 nitrogen and oxygen atoms in total. The minimum Gasteiger partial charge on any atom is -0.327 e. The standard InChI is InChI=1S/C19H25N5O/c1-11-21-18(24-23-11)12-5-7-16(8-6-12)22-19(25)15-9-13-3-2-4-14(10-15)17(13)20/h5-8,13-15,17H,2-4,9-10,20H2,1H3,(H,22,25)(H,21,23,24). The molecule has 4 N–H and O–H groups in total. The maximum Gasteiger partial charge on any atom is 0.227 e. The Hall–Kier alpha value is -2.21. The number of aryl methyl sites for hydroxylation is 1. The molecule has 2 aliphatic rings. The van der Waals surface area contributed by atoms with E-state index in [2.05, 4.69) is 20.5 Å². The lowest BCUT2D eigenvalue weighted by Gasteiger charge is -2.43. The summed E-state index contributed by atoms with van der Waals surface area (Å²) in [6.07, 6.45) is 5.47. The molecule has 0 spiro atoms. The van der Waals surface area contributed by atoms with Crippen LogP contribution in [0.1, 0.15) is 37.9 Å². The SMILES string of the molecule is Cc1nc(-c2ccc(NC(=O)C3CC4CCCC(C3)C4N)cc2)n[nH]1. The Balaban J connectivity index is 1.41. The van der Waals surface area contributed by atoms with Gasteiger partial charge in [-0.2, -0.15) is 5.10 Å². The third-order valence-corrected chi connectivity index (χ3v) is 5.79. The summed E-state index contributed by atoms with van der Waals surface area (Å²) in [5, 5.41) is 10.1. The van der Waals surface area contributed by atoms with Crippen LogP contribution in [0, 0.1) is 24.7 Å². The van der Waals surface area contributed by atoms with Gasteiger partial charge in [-0.05, 0) is 68.7 Å². The van der Waals surface area contributed by atoms with Crippen molar-refractivity contribution in [1.82, 2.24) is 15.2 Å². The first-order chi connectivity index (χ1) is 12.1. The maximum absolute atomic E-state index is 12.7. The molecule has 2 atom stereocenters. The van der Waals surface area contributed by atoms with Crippen LogP contribution in [0.5, 0.6) is 0 Å². The molecule has 6 heteroatoms. The van der Waals surface area contributed by atoms with Crippen molar-refractivity contribution < 1.29 is 4.79 Å². The van der Waals surface area contributed by atoms with Crippen molar-refractivity contribution in [3.8, 4) is 11.4 Å². The minimum atomic E-state index is 0.0884. The van der Waals surface area contributed by atoms with Gasteiger partial charge in [-0.3, -0.25) is 9.89 Å². The van der Waals surface area contributed by atoms with E-state index in [9.17, 15) is 4.79 Å². The van der Waals surface area contributed by atoms with Gasteiger partial charge < -0.3 is 11.1 Å². The Labute approximate surface area is 147 Å². The summed E-state index contributed by atoms with van der Waals surface area (Å²) < 4.78 is 0. The van der Waals surface area contributed by atoms with Gasteiger partial charge in [-0.1, -0.05) is 6.42 Å². The van der Waals surface area contributed by atoms with Crippen molar-refractivity contribution in [2.75, 3.05) is 5.32 Å². The summed E-state index contributed by atoms with van der Waals surface area (Å²) in [6.45, 7) is 1.87. The van der Waals surface area contributed by atoms with E-state index in [0.717, 1.165) is 29.9 Å². The molecule has 2 saturated carbocycles. The Morgan fingerprint density at radius 1 is 1.20 bits per heavy atom. The topological polar surface area (TPSA) is 96.7 Å². The number of anilines is 1. The molecule has 1 aromatic carbocycles. The molecule has 2 unspecified atom stereocenters. The van der Waals surface area contributed by atoms with Crippen LogP contribution in [-0.2, 0) is 4.79 Å². The summed E-state index contributed by atoms with van der Waals surface area (Å²) >= 11 is 0. The van der Waals surface area contributed by atoms with Gasteiger partial charge in [0.2, 0.25) is 5.91 Å². The number of rotatable bonds is 3. The smallest absolute Gasteiger partial charge is 0.227 e. The van der Waals surface area contributed by atoms with Crippen molar-refractivity contribution in [3.05, 3.63) is 30.1 Å². The molecule has 4 rings (SSSR count). The van der Waals surface area contributed by atoms with Crippen molar-refractivity contribution in [1.29, 1.82) is 0 Å². The number of hydrogen-bond acceptors (Lipinski definition) is 4. The van der Waals surface area contributed by atoms with E-state index in [0.29, 0.717) is 23.7 Å². The predicted molar refractivity (Wildman–Crippen MR) is 96.7 cm³/mol. The van der Waals surface area contributed by atoms with E-state index >= 15 is 0 Å². The zero-order valence-electron chi connectivity index (χ0n) is 14.5. The highest BCUT2D eigenvalue weighted by Crippen LogP contribution is 2.42. The van der Waals surface area contributed by atoms with Gasteiger partial charge in [0.1, 0.15) is 5.82 Å². The summed E-state index contributed by atoms with van der Waals surface area (Å²) in [7, 11) is 0. The van der Waals surface area contributed by atoms with Crippen LogP contribution >= 0.6 is 0 Å². The molecule has 0 aliphatic heterocycles. The fourth-order valence-corrected chi connectivity index (χ4v) is 4.42. The first-order valence-corrected chi connectivity index (χ1v) is 9.16. The number of carbonyl (C=O) groups is 1. The monoisotopic (exact) mass is 339 g/mol. The summed E-state index contributed by atoms with van der Waals surface area (Å²) in [4.78, 5) is 17.0. The third-order valence-electron chi connectivity index (χ3n) is 5.79. The van der Waals surface area contributed by atoms with Crippen LogP contribution in [-0.4, -0.2) is 27.1 Å². The van der Waals surface area contributed by atoms with Gasteiger partial charge in [0.15, 0.2) is 5.82 Å². The number of fused-ring (bicyclic) bond motifs is 2. The first kappa shape index (κ1) is 16.3. The Kier molecular flexibility index (Phi) is 4.29. The lowest BCUT2D eigenvalue weighted by molar-refractivity contribution is -0.122.